The summed E-state index contributed by atoms with van der Waals surface area (Å²) >= 11 is 0. The number of pyridine rings is 1. The average molecular weight is 221 g/mol. The molecule has 1 aromatic rings. The fourth-order valence-corrected chi connectivity index (χ4v) is 2.00. The van der Waals surface area contributed by atoms with Crippen LogP contribution in [0.3, 0.4) is 0 Å². The van der Waals surface area contributed by atoms with Crippen molar-refractivity contribution in [2.24, 2.45) is 5.92 Å². The van der Waals surface area contributed by atoms with Crippen molar-refractivity contribution in [3.05, 3.63) is 23.9 Å². The lowest BCUT2D eigenvalue weighted by Crippen LogP contribution is -2.09. The first-order valence-electron chi connectivity index (χ1n) is 5.58. The number of hydrogen-bond acceptors (Lipinski definition) is 3. The Balaban J connectivity index is 1.93. The largest absolute Gasteiger partial charge is 0.478 e. The van der Waals surface area contributed by atoms with Gasteiger partial charge in [-0.3, -0.25) is 0 Å². The zero-order valence-corrected chi connectivity index (χ0v) is 9.06. The molecule has 0 aromatic carbocycles. The molecule has 1 aromatic heterocycles. The zero-order chi connectivity index (χ0) is 11.4. The maximum Gasteiger partial charge on any atom is 0.335 e. The molecule has 16 heavy (non-hydrogen) atoms. The summed E-state index contributed by atoms with van der Waals surface area (Å²) in [7, 11) is 0. The fraction of sp³-hybridized carbons (Fsp3) is 0.500. The first kappa shape index (κ1) is 10.9. The molecule has 2 rings (SSSR count). The highest BCUT2D eigenvalue weighted by molar-refractivity contribution is 5.87. The number of aromatic carboxylic acids is 1. The molecule has 0 radical (unpaired) electrons. The Kier molecular flexibility index (Phi) is 3.39. The summed E-state index contributed by atoms with van der Waals surface area (Å²) in [6.07, 6.45) is 6.43. The first-order valence-corrected chi connectivity index (χ1v) is 5.58. The van der Waals surface area contributed by atoms with E-state index in [2.05, 4.69) is 4.98 Å². The van der Waals surface area contributed by atoms with Gasteiger partial charge in [0.2, 0.25) is 5.88 Å². The Morgan fingerprint density at radius 2 is 2.25 bits per heavy atom. The summed E-state index contributed by atoms with van der Waals surface area (Å²) in [5, 5.41) is 8.81. The Morgan fingerprint density at radius 3 is 2.94 bits per heavy atom. The molecular weight excluding hydrogens is 206 g/mol. The molecule has 1 aliphatic rings. The number of rotatable bonds is 4. The number of ether oxygens (including phenoxy) is 1. The van der Waals surface area contributed by atoms with Crippen LogP contribution in [-0.4, -0.2) is 22.7 Å². The van der Waals surface area contributed by atoms with Crippen LogP contribution in [0.15, 0.2) is 18.3 Å². The maximum atomic E-state index is 10.7. The standard InChI is InChI=1S/C12H15NO3/c14-12(15)10-5-6-13-11(7-10)16-8-9-3-1-2-4-9/h5-7,9H,1-4,8H2,(H,14,15). The van der Waals surface area contributed by atoms with E-state index in [9.17, 15) is 4.79 Å². The molecule has 1 N–H and O–H groups in total. The summed E-state index contributed by atoms with van der Waals surface area (Å²) in [6.45, 7) is 0.649. The number of carbonyl (C=O) groups is 1. The van der Waals surface area contributed by atoms with Gasteiger partial charge in [0.15, 0.2) is 0 Å². The molecule has 1 saturated carbocycles. The lowest BCUT2D eigenvalue weighted by molar-refractivity contribution is 0.0696. The number of carboxylic acids is 1. The van der Waals surface area contributed by atoms with Crippen molar-refractivity contribution >= 4 is 5.97 Å². The molecule has 0 aliphatic heterocycles. The SMILES string of the molecule is O=C(O)c1ccnc(OCC2CCCC2)c1. The van der Waals surface area contributed by atoms with E-state index in [-0.39, 0.29) is 5.56 Å². The Hall–Kier alpha value is -1.58. The molecule has 0 spiro atoms. The summed E-state index contributed by atoms with van der Waals surface area (Å²) in [6, 6.07) is 2.93. The molecule has 0 bridgehead atoms. The Morgan fingerprint density at radius 1 is 1.50 bits per heavy atom. The molecule has 0 amide bonds. The van der Waals surface area contributed by atoms with Gasteiger partial charge in [-0.05, 0) is 24.8 Å². The topological polar surface area (TPSA) is 59.4 Å². The third-order valence-electron chi connectivity index (χ3n) is 2.92. The van der Waals surface area contributed by atoms with E-state index in [0.29, 0.717) is 18.4 Å². The minimum absolute atomic E-state index is 0.219. The van der Waals surface area contributed by atoms with Crippen molar-refractivity contribution in [1.82, 2.24) is 4.98 Å². The van der Waals surface area contributed by atoms with Crippen LogP contribution < -0.4 is 4.74 Å². The van der Waals surface area contributed by atoms with Crippen molar-refractivity contribution in [2.75, 3.05) is 6.61 Å². The predicted octanol–water partition coefficient (Wildman–Crippen LogP) is 2.35. The van der Waals surface area contributed by atoms with Crippen LogP contribution in [-0.2, 0) is 0 Å². The lowest BCUT2D eigenvalue weighted by Gasteiger charge is -2.10. The van der Waals surface area contributed by atoms with Gasteiger partial charge in [0.25, 0.3) is 0 Å². The van der Waals surface area contributed by atoms with E-state index in [1.807, 2.05) is 0 Å². The smallest absolute Gasteiger partial charge is 0.335 e. The molecule has 4 nitrogen and oxygen atoms in total. The second kappa shape index (κ2) is 4.96. The molecular formula is C12H15NO3. The van der Waals surface area contributed by atoms with Gasteiger partial charge in [0.1, 0.15) is 0 Å². The fourth-order valence-electron chi connectivity index (χ4n) is 2.00. The van der Waals surface area contributed by atoms with Crippen LogP contribution in [0.5, 0.6) is 5.88 Å². The number of hydrogen-bond donors (Lipinski definition) is 1. The third kappa shape index (κ3) is 2.72. The molecule has 0 unspecified atom stereocenters. The van der Waals surface area contributed by atoms with Crippen LogP contribution in [0.25, 0.3) is 0 Å². The minimum Gasteiger partial charge on any atom is -0.478 e. The van der Waals surface area contributed by atoms with Crippen LogP contribution >= 0.6 is 0 Å². The highest BCUT2D eigenvalue weighted by Crippen LogP contribution is 2.25. The van der Waals surface area contributed by atoms with Gasteiger partial charge in [-0.15, -0.1) is 0 Å². The zero-order valence-electron chi connectivity index (χ0n) is 9.06. The summed E-state index contributed by atoms with van der Waals surface area (Å²) in [5.74, 6) is 0.0650. The van der Waals surface area contributed by atoms with Gasteiger partial charge in [-0.25, -0.2) is 9.78 Å². The Labute approximate surface area is 94.3 Å². The normalized spacial score (nSPS) is 16.2. The highest BCUT2D eigenvalue weighted by atomic mass is 16.5. The Bertz CT molecular complexity index is 372. The second-order valence-electron chi connectivity index (χ2n) is 4.15. The van der Waals surface area contributed by atoms with Crippen molar-refractivity contribution in [1.29, 1.82) is 0 Å². The maximum absolute atomic E-state index is 10.7. The predicted molar refractivity (Wildman–Crippen MR) is 58.6 cm³/mol. The van der Waals surface area contributed by atoms with Gasteiger partial charge in [0, 0.05) is 12.3 Å². The second-order valence-corrected chi connectivity index (χ2v) is 4.15. The molecule has 1 fully saturated rings. The van der Waals surface area contributed by atoms with E-state index in [1.165, 1.54) is 44.0 Å². The monoisotopic (exact) mass is 221 g/mol. The number of carboxylic acid groups (broad SMARTS) is 1. The van der Waals surface area contributed by atoms with Crippen molar-refractivity contribution in [3.8, 4) is 5.88 Å². The van der Waals surface area contributed by atoms with E-state index >= 15 is 0 Å². The van der Waals surface area contributed by atoms with E-state index in [4.69, 9.17) is 9.84 Å². The molecule has 0 saturated heterocycles. The number of nitrogens with zero attached hydrogens (tertiary/aromatic N) is 1. The first-order chi connectivity index (χ1) is 7.75. The molecule has 0 atom stereocenters. The summed E-state index contributed by atoms with van der Waals surface area (Å²) in [5.41, 5.74) is 0.219. The van der Waals surface area contributed by atoms with Gasteiger partial charge < -0.3 is 9.84 Å². The van der Waals surface area contributed by atoms with Crippen LogP contribution in [0.4, 0.5) is 0 Å². The molecule has 1 heterocycles. The molecule has 1 aliphatic carbocycles. The molecule has 86 valence electrons. The molecule has 4 heteroatoms. The van der Waals surface area contributed by atoms with Crippen molar-refractivity contribution in [2.45, 2.75) is 25.7 Å². The van der Waals surface area contributed by atoms with Gasteiger partial charge in [0.05, 0.1) is 12.2 Å². The van der Waals surface area contributed by atoms with Gasteiger partial charge in [-0.1, -0.05) is 12.8 Å². The van der Waals surface area contributed by atoms with Crippen LogP contribution in [0.1, 0.15) is 36.0 Å². The van der Waals surface area contributed by atoms with Crippen molar-refractivity contribution < 1.29 is 14.6 Å². The number of aromatic nitrogens is 1. The third-order valence-corrected chi connectivity index (χ3v) is 2.92. The van der Waals surface area contributed by atoms with Crippen molar-refractivity contribution in [3.63, 3.8) is 0 Å². The van der Waals surface area contributed by atoms with Crippen LogP contribution in [0, 0.1) is 5.92 Å². The minimum atomic E-state index is -0.951. The van der Waals surface area contributed by atoms with E-state index in [0.717, 1.165) is 0 Å². The van der Waals surface area contributed by atoms with E-state index in [1.54, 1.807) is 0 Å². The van der Waals surface area contributed by atoms with Gasteiger partial charge in [-0.2, -0.15) is 0 Å². The van der Waals surface area contributed by atoms with Crippen LogP contribution in [0.2, 0.25) is 0 Å². The average Bonchev–Trinajstić information content (AvgIpc) is 2.79. The lowest BCUT2D eigenvalue weighted by atomic mass is 10.1. The quantitative estimate of drug-likeness (QED) is 0.847. The van der Waals surface area contributed by atoms with E-state index < -0.39 is 5.97 Å². The van der Waals surface area contributed by atoms with Gasteiger partial charge >= 0.3 is 5.97 Å². The summed E-state index contributed by atoms with van der Waals surface area (Å²) < 4.78 is 5.51. The summed E-state index contributed by atoms with van der Waals surface area (Å²) in [4.78, 5) is 14.7. The highest BCUT2D eigenvalue weighted by Gasteiger charge is 2.16.